The van der Waals surface area contributed by atoms with Gasteiger partial charge in [0.25, 0.3) is 10.0 Å². The summed E-state index contributed by atoms with van der Waals surface area (Å²) < 4.78 is 40.6. The van der Waals surface area contributed by atoms with Gasteiger partial charge >= 0.3 is 0 Å². The number of aromatic nitrogens is 1. The Labute approximate surface area is 134 Å². The molecule has 1 aromatic carbocycles. The molecule has 0 unspecified atom stereocenters. The van der Waals surface area contributed by atoms with E-state index in [4.69, 9.17) is 0 Å². The summed E-state index contributed by atoms with van der Waals surface area (Å²) in [7, 11) is -4.01. The second-order valence-corrected chi connectivity index (χ2v) is 6.80. The lowest BCUT2D eigenvalue weighted by Crippen LogP contribution is -2.43. The first-order valence-electron chi connectivity index (χ1n) is 7.26. The van der Waals surface area contributed by atoms with E-state index in [1.165, 1.54) is 18.2 Å². The quantitative estimate of drug-likeness (QED) is 0.884. The van der Waals surface area contributed by atoms with Gasteiger partial charge in [0.2, 0.25) is 0 Å². The van der Waals surface area contributed by atoms with E-state index < -0.39 is 20.7 Å². The Balaban J connectivity index is 1.84. The number of nitrogens with zero attached hydrogens (tertiary/aromatic N) is 2. The smallest absolute Gasteiger partial charge is 0.265 e. The lowest BCUT2D eigenvalue weighted by molar-refractivity contribution is 0.570. The number of anilines is 2. The molecule has 0 radical (unpaired) electrons. The molecule has 0 spiro atoms. The molecule has 3 rings (SSSR count). The number of pyridine rings is 1. The third-order valence-corrected chi connectivity index (χ3v) is 4.93. The average molecular weight is 336 g/mol. The normalized spacial score (nSPS) is 15.4. The van der Waals surface area contributed by atoms with Crippen molar-refractivity contribution in [1.29, 1.82) is 0 Å². The van der Waals surface area contributed by atoms with Gasteiger partial charge in [0, 0.05) is 26.2 Å². The fourth-order valence-corrected chi connectivity index (χ4v) is 3.49. The van der Waals surface area contributed by atoms with Gasteiger partial charge in [0.1, 0.15) is 22.3 Å². The zero-order valence-electron chi connectivity index (χ0n) is 12.4. The number of nitrogens with one attached hydrogen (secondary N) is 2. The maximum atomic E-state index is 13.7. The molecule has 0 amide bonds. The highest BCUT2D eigenvalue weighted by atomic mass is 32.2. The first-order valence-corrected chi connectivity index (χ1v) is 8.75. The van der Waals surface area contributed by atoms with E-state index >= 15 is 0 Å². The van der Waals surface area contributed by atoms with E-state index in [2.05, 4.69) is 19.9 Å². The molecule has 8 heteroatoms. The Kier molecular flexibility index (Phi) is 4.44. The molecule has 2 aromatic rings. The summed E-state index contributed by atoms with van der Waals surface area (Å²) in [6.45, 7) is 3.31. The lowest BCUT2D eigenvalue weighted by Gasteiger charge is -2.28. The summed E-state index contributed by atoms with van der Waals surface area (Å²) in [6.07, 6.45) is 0. The molecular formula is C15H17FN4O2S. The van der Waals surface area contributed by atoms with Crippen molar-refractivity contribution in [2.45, 2.75) is 4.90 Å². The van der Waals surface area contributed by atoms with Gasteiger partial charge < -0.3 is 10.2 Å². The highest BCUT2D eigenvalue weighted by molar-refractivity contribution is 7.92. The average Bonchev–Trinajstić information content (AvgIpc) is 2.56. The second kappa shape index (κ2) is 6.51. The van der Waals surface area contributed by atoms with Crippen LogP contribution in [0, 0.1) is 5.82 Å². The molecule has 0 aliphatic carbocycles. The minimum atomic E-state index is -4.01. The Morgan fingerprint density at radius 2 is 1.83 bits per heavy atom. The van der Waals surface area contributed by atoms with Crippen LogP contribution in [0.15, 0.2) is 47.4 Å². The monoisotopic (exact) mass is 336 g/mol. The summed E-state index contributed by atoms with van der Waals surface area (Å²) in [4.78, 5) is 5.99. The van der Waals surface area contributed by atoms with Crippen LogP contribution in [0.4, 0.5) is 16.0 Å². The van der Waals surface area contributed by atoms with Crippen LogP contribution in [0.2, 0.25) is 0 Å². The molecule has 23 heavy (non-hydrogen) atoms. The van der Waals surface area contributed by atoms with E-state index in [1.807, 2.05) is 6.07 Å². The maximum Gasteiger partial charge on any atom is 0.265 e. The number of halogens is 1. The van der Waals surface area contributed by atoms with Gasteiger partial charge in [0.15, 0.2) is 0 Å². The predicted molar refractivity (Wildman–Crippen MR) is 86.5 cm³/mol. The van der Waals surface area contributed by atoms with E-state index in [-0.39, 0.29) is 5.82 Å². The summed E-state index contributed by atoms with van der Waals surface area (Å²) >= 11 is 0. The maximum absolute atomic E-state index is 13.7. The molecule has 1 aromatic heterocycles. The number of hydrogen-bond donors (Lipinski definition) is 2. The highest BCUT2D eigenvalue weighted by Gasteiger charge is 2.20. The van der Waals surface area contributed by atoms with Crippen LogP contribution in [0.1, 0.15) is 0 Å². The van der Waals surface area contributed by atoms with Crippen molar-refractivity contribution in [3.05, 3.63) is 48.3 Å². The standard InChI is InChI=1S/C15H17FN4O2S/c16-12-4-1-2-5-13(12)23(21,22)19-14-6-3-7-15(18-14)20-10-8-17-9-11-20/h1-7,17H,8-11H2,(H,18,19). The van der Waals surface area contributed by atoms with Crippen molar-refractivity contribution in [2.24, 2.45) is 0 Å². The number of sulfonamides is 1. The number of rotatable bonds is 4. The number of benzene rings is 1. The van der Waals surface area contributed by atoms with Crippen LogP contribution in [0.3, 0.4) is 0 Å². The van der Waals surface area contributed by atoms with Gasteiger partial charge in [-0.25, -0.2) is 17.8 Å². The SMILES string of the molecule is O=S(=O)(Nc1cccc(N2CCNCC2)n1)c1ccccc1F. The van der Waals surface area contributed by atoms with Gasteiger partial charge in [-0.15, -0.1) is 0 Å². The summed E-state index contributed by atoms with van der Waals surface area (Å²) in [5.41, 5.74) is 0. The van der Waals surface area contributed by atoms with Crippen LogP contribution >= 0.6 is 0 Å². The molecule has 1 aliphatic rings. The Bertz CT molecular complexity index is 792. The summed E-state index contributed by atoms with van der Waals surface area (Å²) in [5, 5.41) is 3.24. The van der Waals surface area contributed by atoms with Gasteiger partial charge in [-0.05, 0) is 24.3 Å². The van der Waals surface area contributed by atoms with E-state index in [1.54, 1.807) is 12.1 Å². The van der Waals surface area contributed by atoms with Crippen molar-refractivity contribution < 1.29 is 12.8 Å². The number of piperazine rings is 1. The molecule has 2 N–H and O–H groups in total. The topological polar surface area (TPSA) is 74.3 Å². The van der Waals surface area contributed by atoms with Gasteiger partial charge in [0.05, 0.1) is 0 Å². The predicted octanol–water partition coefficient (Wildman–Crippen LogP) is 1.43. The number of hydrogen-bond acceptors (Lipinski definition) is 5. The Morgan fingerprint density at radius 1 is 1.09 bits per heavy atom. The lowest BCUT2D eigenvalue weighted by atomic mass is 10.3. The Morgan fingerprint density at radius 3 is 2.57 bits per heavy atom. The van der Waals surface area contributed by atoms with Crippen LogP contribution in [-0.2, 0) is 10.0 Å². The van der Waals surface area contributed by atoms with Crippen LogP contribution in [0.5, 0.6) is 0 Å². The van der Waals surface area contributed by atoms with E-state index in [0.717, 1.165) is 32.2 Å². The highest BCUT2D eigenvalue weighted by Crippen LogP contribution is 2.20. The third-order valence-electron chi connectivity index (χ3n) is 3.54. The molecule has 6 nitrogen and oxygen atoms in total. The first kappa shape index (κ1) is 15.7. The van der Waals surface area contributed by atoms with Gasteiger partial charge in [-0.1, -0.05) is 18.2 Å². The summed E-state index contributed by atoms with van der Waals surface area (Å²) in [5.74, 6) is 0.0720. The first-order chi connectivity index (χ1) is 11.1. The van der Waals surface area contributed by atoms with Crippen LogP contribution in [-0.4, -0.2) is 39.6 Å². The molecule has 1 saturated heterocycles. The molecule has 1 aliphatic heterocycles. The minimum Gasteiger partial charge on any atom is -0.354 e. The van der Waals surface area contributed by atoms with Crippen molar-refractivity contribution in [3.63, 3.8) is 0 Å². The molecule has 0 atom stereocenters. The Hall–Kier alpha value is -2.19. The fraction of sp³-hybridized carbons (Fsp3) is 0.267. The van der Waals surface area contributed by atoms with Crippen molar-refractivity contribution >= 4 is 21.7 Å². The zero-order valence-corrected chi connectivity index (χ0v) is 13.2. The molecular weight excluding hydrogens is 319 g/mol. The fourth-order valence-electron chi connectivity index (χ4n) is 2.41. The van der Waals surface area contributed by atoms with Crippen LogP contribution in [0.25, 0.3) is 0 Å². The van der Waals surface area contributed by atoms with Crippen LogP contribution < -0.4 is 14.9 Å². The molecule has 2 heterocycles. The molecule has 0 bridgehead atoms. The second-order valence-electron chi connectivity index (χ2n) is 5.15. The van der Waals surface area contributed by atoms with E-state index in [0.29, 0.717) is 5.82 Å². The third kappa shape index (κ3) is 3.59. The minimum absolute atomic E-state index is 0.171. The van der Waals surface area contributed by atoms with Crippen molar-refractivity contribution in [3.8, 4) is 0 Å². The van der Waals surface area contributed by atoms with Crippen molar-refractivity contribution in [1.82, 2.24) is 10.3 Å². The zero-order chi connectivity index (χ0) is 16.3. The van der Waals surface area contributed by atoms with Gasteiger partial charge in [-0.2, -0.15) is 0 Å². The molecule has 122 valence electrons. The largest absolute Gasteiger partial charge is 0.354 e. The van der Waals surface area contributed by atoms with Gasteiger partial charge in [-0.3, -0.25) is 4.72 Å². The van der Waals surface area contributed by atoms with E-state index in [9.17, 15) is 12.8 Å². The molecule has 1 fully saturated rings. The van der Waals surface area contributed by atoms with Crippen molar-refractivity contribution in [2.75, 3.05) is 35.8 Å². The molecule has 0 saturated carbocycles. The summed E-state index contributed by atoms with van der Waals surface area (Å²) in [6, 6.07) is 10.3.